The molecule has 2 atom stereocenters. The zero-order chi connectivity index (χ0) is 20.2. The lowest BCUT2D eigenvalue weighted by Gasteiger charge is -2.27. The number of nitriles is 1. The molecular weight excluding hydrogens is 369 g/mol. The number of hydrogen-bond donors (Lipinski definition) is 1. The monoisotopic (exact) mass is 393 g/mol. The summed E-state index contributed by atoms with van der Waals surface area (Å²) in [5, 5.41) is 12.1. The Hall–Kier alpha value is -2.91. The van der Waals surface area contributed by atoms with E-state index in [4.69, 9.17) is 4.74 Å². The van der Waals surface area contributed by atoms with Gasteiger partial charge in [-0.15, -0.1) is 0 Å². The van der Waals surface area contributed by atoms with E-state index in [1.165, 1.54) is 24.3 Å². The summed E-state index contributed by atoms with van der Waals surface area (Å²) in [6.07, 6.45) is 1.89. The number of nitrogens with zero attached hydrogens (tertiary/aromatic N) is 2. The molecule has 1 amide bonds. The zero-order valence-corrected chi connectivity index (χ0v) is 16.2. The van der Waals surface area contributed by atoms with E-state index in [1.54, 1.807) is 0 Å². The van der Waals surface area contributed by atoms with Crippen LogP contribution in [0.5, 0.6) is 5.75 Å². The van der Waals surface area contributed by atoms with Gasteiger partial charge in [-0.2, -0.15) is 5.26 Å². The minimum absolute atomic E-state index is 0.167. The van der Waals surface area contributed by atoms with Crippen LogP contribution in [-0.4, -0.2) is 43.6 Å². The number of unbranched alkanes of at least 4 members (excludes halogenated alkanes) is 1. The summed E-state index contributed by atoms with van der Waals surface area (Å²) in [4.78, 5) is 14.5. The van der Waals surface area contributed by atoms with Crippen LogP contribution < -0.4 is 10.1 Å². The van der Waals surface area contributed by atoms with E-state index in [0.29, 0.717) is 29.5 Å². The maximum absolute atomic E-state index is 12.9. The average molecular weight is 393 g/mol. The van der Waals surface area contributed by atoms with Crippen molar-refractivity contribution in [1.29, 1.82) is 5.26 Å². The number of likely N-dealkylation sites (tertiary alicyclic amines) is 1. The smallest absolute Gasteiger partial charge is 0.251 e. The first kappa shape index (κ1) is 19.4. The van der Waals surface area contributed by atoms with Crippen molar-refractivity contribution in [1.82, 2.24) is 10.2 Å². The fourth-order valence-corrected chi connectivity index (χ4v) is 4.27. The molecule has 0 radical (unpaired) electrons. The highest BCUT2D eigenvalue weighted by Gasteiger charge is 2.38. The summed E-state index contributed by atoms with van der Waals surface area (Å²) < 4.78 is 18.8. The van der Waals surface area contributed by atoms with E-state index in [0.717, 1.165) is 50.4 Å². The number of carbonyl (C=O) groups excluding carboxylic acids is 1. The molecule has 1 N–H and O–H groups in total. The number of amides is 1. The maximum Gasteiger partial charge on any atom is 0.251 e. The molecule has 2 aliphatic rings. The van der Waals surface area contributed by atoms with E-state index in [2.05, 4.69) is 16.3 Å². The number of rotatable bonds is 6. The molecule has 0 bridgehead atoms. The lowest BCUT2D eigenvalue weighted by Crippen LogP contribution is -2.27. The molecule has 5 nitrogen and oxygen atoms in total. The second-order valence-electron chi connectivity index (χ2n) is 7.77. The van der Waals surface area contributed by atoms with Gasteiger partial charge in [0.15, 0.2) is 0 Å². The molecule has 0 saturated carbocycles. The van der Waals surface area contributed by atoms with Gasteiger partial charge in [-0.3, -0.25) is 4.79 Å². The van der Waals surface area contributed by atoms with Crippen molar-refractivity contribution in [2.75, 3.05) is 32.8 Å². The van der Waals surface area contributed by atoms with Crippen molar-refractivity contribution in [3.05, 3.63) is 65.0 Å². The van der Waals surface area contributed by atoms with Gasteiger partial charge < -0.3 is 15.0 Å². The van der Waals surface area contributed by atoms with Crippen molar-refractivity contribution in [2.45, 2.75) is 18.8 Å². The van der Waals surface area contributed by atoms with Gasteiger partial charge in [-0.25, -0.2) is 4.39 Å². The topological polar surface area (TPSA) is 65.4 Å². The van der Waals surface area contributed by atoms with E-state index < -0.39 is 0 Å². The zero-order valence-electron chi connectivity index (χ0n) is 16.2. The summed E-state index contributed by atoms with van der Waals surface area (Å²) >= 11 is 0. The molecule has 0 spiro atoms. The third kappa shape index (κ3) is 4.41. The van der Waals surface area contributed by atoms with Crippen LogP contribution in [-0.2, 0) is 0 Å². The van der Waals surface area contributed by atoms with Crippen molar-refractivity contribution < 1.29 is 13.9 Å². The van der Waals surface area contributed by atoms with Gasteiger partial charge in [0.05, 0.1) is 18.2 Å². The van der Waals surface area contributed by atoms with Crippen LogP contribution in [0.2, 0.25) is 0 Å². The Morgan fingerprint density at radius 3 is 2.83 bits per heavy atom. The first-order valence-corrected chi connectivity index (χ1v) is 10.1. The normalized spacial score (nSPS) is 20.3. The first-order chi connectivity index (χ1) is 14.1. The fourth-order valence-electron chi connectivity index (χ4n) is 4.27. The summed E-state index contributed by atoms with van der Waals surface area (Å²) in [6.45, 7) is 4.30. The summed E-state index contributed by atoms with van der Waals surface area (Å²) in [5.41, 5.74) is 2.32. The number of nitrogens with one attached hydrogen (secondary N) is 1. The van der Waals surface area contributed by atoms with Crippen LogP contribution in [0.1, 0.15) is 40.2 Å². The summed E-state index contributed by atoms with van der Waals surface area (Å²) in [5.74, 6) is 1.29. The number of halogens is 1. The van der Waals surface area contributed by atoms with Crippen molar-refractivity contribution in [3.63, 3.8) is 0 Å². The van der Waals surface area contributed by atoms with Crippen LogP contribution in [0.25, 0.3) is 0 Å². The lowest BCUT2D eigenvalue weighted by atomic mass is 9.86. The van der Waals surface area contributed by atoms with Crippen molar-refractivity contribution in [3.8, 4) is 11.8 Å². The predicted molar refractivity (Wildman–Crippen MR) is 107 cm³/mol. The molecule has 4 rings (SSSR count). The van der Waals surface area contributed by atoms with Crippen LogP contribution in [0.15, 0.2) is 42.5 Å². The van der Waals surface area contributed by atoms with E-state index >= 15 is 0 Å². The Bertz CT molecular complexity index is 923. The highest BCUT2D eigenvalue weighted by Crippen LogP contribution is 2.41. The molecule has 0 unspecified atom stereocenters. The van der Waals surface area contributed by atoms with Crippen LogP contribution in [0.3, 0.4) is 0 Å². The highest BCUT2D eigenvalue weighted by atomic mass is 19.1. The number of benzene rings is 2. The van der Waals surface area contributed by atoms with Gasteiger partial charge in [0, 0.05) is 42.6 Å². The third-order valence-corrected chi connectivity index (χ3v) is 5.80. The SMILES string of the molecule is N#Cc1ccc2c(c1)[C@@H]1CN(CCCCNC(=O)c3ccc(F)cc3)C[C@H]1CO2. The van der Waals surface area contributed by atoms with Crippen LogP contribution >= 0.6 is 0 Å². The second kappa shape index (κ2) is 8.62. The van der Waals surface area contributed by atoms with Gasteiger partial charge in [-0.05, 0) is 61.9 Å². The highest BCUT2D eigenvalue weighted by molar-refractivity contribution is 5.94. The largest absolute Gasteiger partial charge is 0.493 e. The molecular formula is C23H24FN3O2. The lowest BCUT2D eigenvalue weighted by molar-refractivity contribution is 0.0952. The summed E-state index contributed by atoms with van der Waals surface area (Å²) in [7, 11) is 0. The Labute approximate surface area is 170 Å². The molecule has 1 fully saturated rings. The molecule has 2 aliphatic heterocycles. The minimum Gasteiger partial charge on any atom is -0.493 e. The molecule has 2 heterocycles. The third-order valence-electron chi connectivity index (χ3n) is 5.80. The number of hydrogen-bond acceptors (Lipinski definition) is 4. The molecule has 0 aromatic heterocycles. The molecule has 2 aromatic carbocycles. The summed E-state index contributed by atoms with van der Waals surface area (Å²) in [6, 6.07) is 13.5. The van der Waals surface area contributed by atoms with Crippen LogP contribution in [0, 0.1) is 23.1 Å². The number of ether oxygens (including phenoxy) is 1. The van der Waals surface area contributed by atoms with E-state index in [9.17, 15) is 14.4 Å². The quantitative estimate of drug-likeness (QED) is 0.765. The van der Waals surface area contributed by atoms with Gasteiger partial charge in [0.25, 0.3) is 5.91 Å². The maximum atomic E-state index is 12.9. The molecule has 2 aromatic rings. The number of carbonyl (C=O) groups is 1. The van der Waals surface area contributed by atoms with Gasteiger partial charge in [0.1, 0.15) is 11.6 Å². The molecule has 1 saturated heterocycles. The predicted octanol–water partition coefficient (Wildman–Crippen LogP) is 3.32. The van der Waals surface area contributed by atoms with Gasteiger partial charge >= 0.3 is 0 Å². The Balaban J connectivity index is 1.22. The molecule has 29 heavy (non-hydrogen) atoms. The van der Waals surface area contributed by atoms with Gasteiger partial charge in [0.2, 0.25) is 0 Å². The van der Waals surface area contributed by atoms with E-state index in [-0.39, 0.29) is 11.7 Å². The molecule has 0 aliphatic carbocycles. The molecule has 6 heteroatoms. The fraction of sp³-hybridized carbons (Fsp3) is 0.391. The standard InChI is InChI=1S/C23H24FN3O2/c24-19-6-4-17(5-7-19)23(28)26-9-1-2-10-27-13-18-15-29-22-8-3-16(12-25)11-20(22)21(18)14-27/h3-8,11,18,21H,1-2,9-10,13-15H2,(H,26,28)/t18-,21+/m0/s1. The minimum atomic E-state index is -0.343. The first-order valence-electron chi connectivity index (χ1n) is 10.1. The second-order valence-corrected chi connectivity index (χ2v) is 7.77. The van der Waals surface area contributed by atoms with Gasteiger partial charge in [-0.1, -0.05) is 0 Å². The van der Waals surface area contributed by atoms with Crippen molar-refractivity contribution >= 4 is 5.91 Å². The van der Waals surface area contributed by atoms with Crippen molar-refractivity contribution in [2.24, 2.45) is 5.92 Å². The Kier molecular flexibility index (Phi) is 5.77. The molecule has 150 valence electrons. The Morgan fingerprint density at radius 2 is 2.03 bits per heavy atom. The van der Waals surface area contributed by atoms with Crippen LogP contribution in [0.4, 0.5) is 4.39 Å². The van der Waals surface area contributed by atoms with E-state index in [1.807, 2.05) is 18.2 Å². The Morgan fingerprint density at radius 1 is 1.21 bits per heavy atom. The average Bonchev–Trinajstić information content (AvgIpc) is 3.17. The number of fused-ring (bicyclic) bond motifs is 3.